The Kier molecular flexibility index (Phi) is 2.80. The minimum atomic E-state index is 0.389. The summed E-state index contributed by atoms with van der Waals surface area (Å²) in [5, 5.41) is 0. The Balaban J connectivity index is 2.06. The molecule has 3 heteroatoms. The Bertz CT molecular complexity index is 597. The van der Waals surface area contributed by atoms with Crippen LogP contribution in [-0.2, 0) is 0 Å². The molecule has 0 saturated heterocycles. The van der Waals surface area contributed by atoms with Crippen molar-refractivity contribution in [3.63, 3.8) is 0 Å². The quantitative estimate of drug-likeness (QED) is 0.839. The highest BCUT2D eigenvalue weighted by Gasteiger charge is 2.34. The van der Waals surface area contributed by atoms with Crippen molar-refractivity contribution in [2.45, 2.75) is 46.1 Å². The molecule has 102 valence electrons. The summed E-state index contributed by atoms with van der Waals surface area (Å²) in [5.74, 6) is 1.41. The van der Waals surface area contributed by atoms with Crippen LogP contribution >= 0.6 is 0 Å². The molecule has 0 radical (unpaired) electrons. The zero-order chi connectivity index (χ0) is 13.6. The number of fused-ring (bicyclic) bond motifs is 1. The van der Waals surface area contributed by atoms with Crippen LogP contribution in [0.4, 0.5) is 5.95 Å². The average Bonchev–Trinajstić information content (AvgIpc) is 2.61. The van der Waals surface area contributed by atoms with Gasteiger partial charge in [0.05, 0.1) is 11.0 Å². The first-order chi connectivity index (χ1) is 8.96. The van der Waals surface area contributed by atoms with E-state index in [1.165, 1.54) is 24.8 Å². The highest BCUT2D eigenvalue weighted by atomic mass is 15.2. The summed E-state index contributed by atoms with van der Waals surface area (Å²) in [5.41, 5.74) is 8.75. The number of benzene rings is 1. The number of rotatable bonds is 1. The molecule has 3 rings (SSSR count). The van der Waals surface area contributed by atoms with Crippen molar-refractivity contribution < 1.29 is 0 Å². The van der Waals surface area contributed by atoms with Gasteiger partial charge in [0.25, 0.3) is 0 Å². The van der Waals surface area contributed by atoms with Gasteiger partial charge in [-0.1, -0.05) is 32.9 Å². The van der Waals surface area contributed by atoms with Crippen molar-refractivity contribution in [1.82, 2.24) is 9.55 Å². The van der Waals surface area contributed by atoms with Crippen LogP contribution in [0, 0.1) is 11.3 Å². The molecule has 2 atom stereocenters. The Labute approximate surface area is 114 Å². The van der Waals surface area contributed by atoms with Gasteiger partial charge in [0.15, 0.2) is 0 Å². The molecule has 0 unspecified atom stereocenters. The maximum Gasteiger partial charge on any atom is 0.201 e. The fourth-order valence-corrected chi connectivity index (χ4v) is 3.94. The van der Waals surface area contributed by atoms with Crippen LogP contribution in [-0.4, -0.2) is 9.55 Å². The van der Waals surface area contributed by atoms with Crippen molar-refractivity contribution in [2.24, 2.45) is 11.3 Å². The third kappa shape index (κ3) is 2.22. The van der Waals surface area contributed by atoms with E-state index < -0.39 is 0 Å². The summed E-state index contributed by atoms with van der Waals surface area (Å²) in [4.78, 5) is 4.50. The second-order valence-corrected chi connectivity index (χ2v) is 6.90. The molecule has 1 fully saturated rings. The second kappa shape index (κ2) is 4.26. The maximum atomic E-state index is 6.17. The largest absolute Gasteiger partial charge is 0.369 e. The number of hydrogen-bond donors (Lipinski definition) is 1. The third-order valence-electron chi connectivity index (χ3n) is 4.35. The zero-order valence-electron chi connectivity index (χ0n) is 12.1. The summed E-state index contributed by atoms with van der Waals surface area (Å²) < 4.78 is 2.26. The van der Waals surface area contributed by atoms with Gasteiger partial charge in [-0.2, -0.15) is 0 Å². The smallest absolute Gasteiger partial charge is 0.201 e. The number of nitrogens with zero attached hydrogens (tertiary/aromatic N) is 2. The SMILES string of the molecule is C[C@@H]1C[C@H](n2c(N)nc3ccccc32)CC(C)(C)C1. The number of hydrogen-bond acceptors (Lipinski definition) is 2. The van der Waals surface area contributed by atoms with Crippen molar-refractivity contribution >= 4 is 17.0 Å². The van der Waals surface area contributed by atoms with Gasteiger partial charge in [0, 0.05) is 6.04 Å². The zero-order valence-corrected chi connectivity index (χ0v) is 12.1. The van der Waals surface area contributed by atoms with Crippen molar-refractivity contribution in [3.05, 3.63) is 24.3 Å². The lowest BCUT2D eigenvalue weighted by atomic mass is 9.70. The monoisotopic (exact) mass is 257 g/mol. The summed E-state index contributed by atoms with van der Waals surface area (Å²) in [6.07, 6.45) is 3.69. The lowest BCUT2D eigenvalue weighted by Crippen LogP contribution is -2.29. The summed E-state index contributed by atoms with van der Waals surface area (Å²) in [6.45, 7) is 7.08. The lowest BCUT2D eigenvalue weighted by molar-refractivity contribution is 0.140. The highest BCUT2D eigenvalue weighted by Crippen LogP contribution is 2.45. The third-order valence-corrected chi connectivity index (χ3v) is 4.35. The first-order valence-electron chi connectivity index (χ1n) is 7.19. The Morgan fingerprint density at radius 3 is 2.74 bits per heavy atom. The van der Waals surface area contributed by atoms with Crippen molar-refractivity contribution in [2.75, 3.05) is 5.73 Å². The van der Waals surface area contributed by atoms with Gasteiger partial charge in [-0.05, 0) is 42.7 Å². The van der Waals surface area contributed by atoms with Crippen molar-refractivity contribution in [3.8, 4) is 0 Å². The maximum absolute atomic E-state index is 6.17. The topological polar surface area (TPSA) is 43.8 Å². The van der Waals surface area contributed by atoms with Crippen LogP contribution in [0.15, 0.2) is 24.3 Å². The fraction of sp³-hybridized carbons (Fsp3) is 0.562. The van der Waals surface area contributed by atoms with E-state index >= 15 is 0 Å². The predicted molar refractivity (Wildman–Crippen MR) is 80.0 cm³/mol. The van der Waals surface area contributed by atoms with Crippen LogP contribution in [0.1, 0.15) is 46.1 Å². The van der Waals surface area contributed by atoms with E-state index in [0.717, 1.165) is 11.4 Å². The van der Waals surface area contributed by atoms with Gasteiger partial charge in [-0.25, -0.2) is 4.98 Å². The second-order valence-electron chi connectivity index (χ2n) is 6.90. The fourth-order valence-electron chi connectivity index (χ4n) is 3.94. The molecule has 0 aliphatic heterocycles. The molecular formula is C16H23N3. The minimum Gasteiger partial charge on any atom is -0.369 e. The predicted octanol–water partition coefficient (Wildman–Crippen LogP) is 4.01. The highest BCUT2D eigenvalue weighted by molar-refractivity contribution is 5.78. The summed E-state index contributed by atoms with van der Waals surface area (Å²) in [6, 6.07) is 8.74. The molecule has 1 saturated carbocycles. The number of aromatic nitrogens is 2. The molecule has 1 aromatic carbocycles. The van der Waals surface area contributed by atoms with Crippen LogP contribution in [0.2, 0.25) is 0 Å². The van der Waals surface area contributed by atoms with E-state index in [-0.39, 0.29) is 0 Å². The first kappa shape index (κ1) is 12.5. The Morgan fingerprint density at radius 2 is 2.00 bits per heavy atom. The van der Waals surface area contributed by atoms with Gasteiger partial charge in [0.2, 0.25) is 5.95 Å². The van der Waals surface area contributed by atoms with E-state index in [2.05, 4.69) is 42.5 Å². The molecule has 2 N–H and O–H groups in total. The number of imidazole rings is 1. The number of para-hydroxylation sites is 2. The first-order valence-corrected chi connectivity index (χ1v) is 7.19. The van der Waals surface area contributed by atoms with Gasteiger partial charge < -0.3 is 10.3 Å². The summed E-state index contributed by atoms with van der Waals surface area (Å²) >= 11 is 0. The van der Waals surface area contributed by atoms with Crippen LogP contribution in [0.3, 0.4) is 0 Å². The normalized spacial score (nSPS) is 26.7. The van der Waals surface area contributed by atoms with E-state index in [1.54, 1.807) is 0 Å². The number of nitrogens with two attached hydrogens (primary N) is 1. The molecule has 1 aromatic heterocycles. The molecule has 3 nitrogen and oxygen atoms in total. The Morgan fingerprint density at radius 1 is 1.26 bits per heavy atom. The van der Waals surface area contributed by atoms with E-state index in [4.69, 9.17) is 5.73 Å². The van der Waals surface area contributed by atoms with Gasteiger partial charge in [-0.3, -0.25) is 0 Å². The molecule has 1 heterocycles. The number of anilines is 1. The summed E-state index contributed by atoms with van der Waals surface area (Å²) in [7, 11) is 0. The molecule has 0 spiro atoms. The molecule has 1 aliphatic rings. The molecule has 1 aliphatic carbocycles. The minimum absolute atomic E-state index is 0.389. The lowest BCUT2D eigenvalue weighted by Gasteiger charge is -2.40. The van der Waals surface area contributed by atoms with Crippen molar-refractivity contribution in [1.29, 1.82) is 0 Å². The molecular weight excluding hydrogens is 234 g/mol. The molecule has 19 heavy (non-hydrogen) atoms. The van der Waals surface area contributed by atoms with Crippen LogP contribution in [0.5, 0.6) is 0 Å². The Hall–Kier alpha value is -1.51. The van der Waals surface area contributed by atoms with E-state index in [9.17, 15) is 0 Å². The van der Waals surface area contributed by atoms with Gasteiger partial charge in [0.1, 0.15) is 0 Å². The molecule has 0 bridgehead atoms. The van der Waals surface area contributed by atoms with Gasteiger partial charge in [-0.15, -0.1) is 0 Å². The van der Waals surface area contributed by atoms with Crippen LogP contribution in [0.25, 0.3) is 11.0 Å². The standard InChI is InChI=1S/C16H23N3/c1-11-8-12(10-16(2,3)9-11)19-14-7-5-4-6-13(14)18-15(19)17/h4-7,11-12H,8-10H2,1-3H3,(H2,17,18)/t11-,12+/m1/s1. The molecule has 2 aromatic rings. The average molecular weight is 257 g/mol. The van der Waals surface area contributed by atoms with Crippen LogP contribution < -0.4 is 5.73 Å². The van der Waals surface area contributed by atoms with E-state index in [1.807, 2.05) is 12.1 Å². The van der Waals surface area contributed by atoms with E-state index in [0.29, 0.717) is 17.4 Å². The molecule has 0 amide bonds. The number of nitrogen functional groups attached to an aromatic ring is 1. The van der Waals surface area contributed by atoms with Gasteiger partial charge >= 0.3 is 0 Å².